The molecule has 0 amide bonds. The van der Waals surface area contributed by atoms with Gasteiger partial charge >= 0.3 is 0 Å². The van der Waals surface area contributed by atoms with Crippen LogP contribution in [-0.2, 0) is 13.0 Å². The summed E-state index contributed by atoms with van der Waals surface area (Å²) in [6.45, 7) is 9.26. The van der Waals surface area contributed by atoms with Gasteiger partial charge in [0.2, 0.25) is 11.7 Å². The van der Waals surface area contributed by atoms with E-state index < -0.39 is 0 Å². The van der Waals surface area contributed by atoms with Gasteiger partial charge in [-0.05, 0) is 49.1 Å². The molecule has 1 unspecified atom stereocenters. The Balaban J connectivity index is 1.48. The van der Waals surface area contributed by atoms with Crippen LogP contribution < -0.4 is 10.1 Å². The molecule has 0 spiro atoms. The molecule has 3 aromatic rings. The third-order valence-electron chi connectivity index (χ3n) is 4.97. The van der Waals surface area contributed by atoms with Crippen molar-refractivity contribution in [1.82, 2.24) is 20.4 Å². The summed E-state index contributed by atoms with van der Waals surface area (Å²) in [6, 6.07) is 10.1. The van der Waals surface area contributed by atoms with Crippen LogP contribution >= 0.6 is 0 Å². The van der Waals surface area contributed by atoms with E-state index >= 15 is 0 Å². The second-order valence-corrected chi connectivity index (χ2v) is 8.28. The van der Waals surface area contributed by atoms with Crippen LogP contribution in [0.1, 0.15) is 50.8 Å². The fraction of sp³-hybridized carbons (Fsp3) is 0.409. The quantitative estimate of drug-likeness (QED) is 0.688. The van der Waals surface area contributed by atoms with E-state index in [1.165, 1.54) is 11.1 Å². The largest absolute Gasteiger partial charge is 0.487 e. The third kappa shape index (κ3) is 3.92. The normalized spacial score (nSPS) is 16.0. The van der Waals surface area contributed by atoms with Gasteiger partial charge in [0.25, 0.3) is 0 Å². The minimum atomic E-state index is -0.123. The molecular formula is C22H26N4O2. The number of nitrogens with zero attached hydrogens (tertiary/aromatic N) is 3. The van der Waals surface area contributed by atoms with Gasteiger partial charge in [0.15, 0.2) is 0 Å². The molecule has 1 N–H and O–H groups in total. The smallest absolute Gasteiger partial charge is 0.244 e. The number of aromatic nitrogens is 3. The standard InChI is InChI=1S/C22H26N4O2/c1-14(2)19(21-25-20(26-28-21)16-7-9-23-10-8-16)24-13-15-5-6-18-17(11-15)12-22(3,4)27-18/h5-11,14,19,24H,12-13H2,1-4H3. The lowest BCUT2D eigenvalue weighted by atomic mass is 9.99. The van der Waals surface area contributed by atoms with Gasteiger partial charge in [0.05, 0.1) is 6.04 Å². The van der Waals surface area contributed by atoms with Crippen molar-refractivity contribution in [3.63, 3.8) is 0 Å². The topological polar surface area (TPSA) is 73.1 Å². The Morgan fingerprint density at radius 3 is 2.68 bits per heavy atom. The zero-order valence-electron chi connectivity index (χ0n) is 16.8. The summed E-state index contributed by atoms with van der Waals surface area (Å²) in [6.07, 6.45) is 4.38. The highest BCUT2D eigenvalue weighted by atomic mass is 16.5. The van der Waals surface area contributed by atoms with E-state index in [1.807, 2.05) is 12.1 Å². The molecule has 0 saturated heterocycles. The molecule has 6 nitrogen and oxygen atoms in total. The van der Waals surface area contributed by atoms with Crippen LogP contribution in [0, 0.1) is 5.92 Å². The van der Waals surface area contributed by atoms with Gasteiger partial charge in [0.1, 0.15) is 11.4 Å². The number of pyridine rings is 1. The van der Waals surface area contributed by atoms with Crippen molar-refractivity contribution in [2.45, 2.75) is 52.3 Å². The Kier molecular flexibility index (Phi) is 4.89. The van der Waals surface area contributed by atoms with E-state index in [9.17, 15) is 0 Å². The minimum Gasteiger partial charge on any atom is -0.487 e. The van der Waals surface area contributed by atoms with Crippen LogP contribution in [0.5, 0.6) is 5.75 Å². The molecule has 1 atom stereocenters. The van der Waals surface area contributed by atoms with Gasteiger partial charge in [-0.15, -0.1) is 0 Å². The van der Waals surface area contributed by atoms with Crippen molar-refractivity contribution in [2.24, 2.45) is 5.92 Å². The van der Waals surface area contributed by atoms with Crippen LogP contribution in [0.4, 0.5) is 0 Å². The molecule has 6 heteroatoms. The number of ether oxygens (including phenoxy) is 1. The maximum absolute atomic E-state index is 5.97. The first-order valence-corrected chi connectivity index (χ1v) is 9.69. The van der Waals surface area contributed by atoms with Crippen LogP contribution in [-0.4, -0.2) is 20.7 Å². The van der Waals surface area contributed by atoms with Crippen molar-refractivity contribution >= 4 is 0 Å². The van der Waals surface area contributed by atoms with Gasteiger partial charge in [-0.3, -0.25) is 4.98 Å². The Labute approximate surface area is 165 Å². The molecule has 0 radical (unpaired) electrons. The van der Waals surface area contributed by atoms with Gasteiger partial charge in [0, 0.05) is 30.9 Å². The highest BCUT2D eigenvalue weighted by molar-refractivity contribution is 5.52. The van der Waals surface area contributed by atoms with E-state index in [0.29, 0.717) is 17.6 Å². The highest BCUT2D eigenvalue weighted by Crippen LogP contribution is 2.35. The molecule has 0 saturated carbocycles. The molecule has 1 aromatic carbocycles. The van der Waals surface area contributed by atoms with Crippen molar-refractivity contribution < 1.29 is 9.26 Å². The number of hydrogen-bond donors (Lipinski definition) is 1. The summed E-state index contributed by atoms with van der Waals surface area (Å²) in [4.78, 5) is 8.63. The number of benzene rings is 1. The summed E-state index contributed by atoms with van der Waals surface area (Å²) in [5, 5.41) is 7.72. The summed E-state index contributed by atoms with van der Waals surface area (Å²) >= 11 is 0. The maximum atomic E-state index is 5.97. The van der Waals surface area contributed by atoms with E-state index in [4.69, 9.17) is 9.26 Å². The lowest BCUT2D eigenvalue weighted by Crippen LogP contribution is -2.25. The first-order valence-electron chi connectivity index (χ1n) is 9.69. The molecule has 1 aliphatic rings. The SMILES string of the molecule is CC(C)C(NCc1ccc2c(c1)CC(C)(C)O2)c1nc(-c2ccncc2)no1. The molecule has 146 valence electrons. The second kappa shape index (κ2) is 7.36. The molecule has 0 fully saturated rings. The van der Waals surface area contributed by atoms with E-state index in [1.54, 1.807) is 12.4 Å². The van der Waals surface area contributed by atoms with Crippen molar-refractivity contribution in [3.8, 4) is 17.1 Å². The lowest BCUT2D eigenvalue weighted by molar-refractivity contribution is 0.138. The lowest BCUT2D eigenvalue weighted by Gasteiger charge is -2.18. The summed E-state index contributed by atoms with van der Waals surface area (Å²) in [5.41, 5.74) is 3.26. The number of fused-ring (bicyclic) bond motifs is 1. The monoisotopic (exact) mass is 378 g/mol. The van der Waals surface area contributed by atoms with Crippen LogP contribution in [0.15, 0.2) is 47.2 Å². The average Bonchev–Trinajstić information content (AvgIpc) is 3.25. The number of nitrogens with one attached hydrogen (secondary N) is 1. The Bertz CT molecular complexity index is 950. The first-order chi connectivity index (χ1) is 13.4. The van der Waals surface area contributed by atoms with Gasteiger partial charge < -0.3 is 14.6 Å². The maximum Gasteiger partial charge on any atom is 0.244 e. The second-order valence-electron chi connectivity index (χ2n) is 8.28. The molecule has 0 bridgehead atoms. The van der Waals surface area contributed by atoms with E-state index in [-0.39, 0.29) is 11.6 Å². The Morgan fingerprint density at radius 1 is 1.14 bits per heavy atom. The van der Waals surface area contributed by atoms with Gasteiger partial charge in [-0.1, -0.05) is 31.1 Å². The Hall–Kier alpha value is -2.73. The Morgan fingerprint density at radius 2 is 1.93 bits per heavy atom. The third-order valence-corrected chi connectivity index (χ3v) is 4.97. The van der Waals surface area contributed by atoms with Crippen molar-refractivity contribution in [1.29, 1.82) is 0 Å². The van der Waals surface area contributed by atoms with Gasteiger partial charge in [-0.2, -0.15) is 4.98 Å². The molecule has 1 aliphatic heterocycles. The zero-order valence-corrected chi connectivity index (χ0v) is 16.8. The first kappa shape index (κ1) is 18.6. The van der Waals surface area contributed by atoms with E-state index in [0.717, 1.165) is 24.3 Å². The zero-order chi connectivity index (χ0) is 19.7. The fourth-order valence-electron chi connectivity index (χ4n) is 3.59. The number of rotatable bonds is 6. The minimum absolute atomic E-state index is 0.0240. The average molecular weight is 378 g/mol. The fourth-order valence-corrected chi connectivity index (χ4v) is 3.59. The molecule has 2 aromatic heterocycles. The highest BCUT2D eigenvalue weighted by Gasteiger charge is 2.30. The molecule has 3 heterocycles. The molecule has 0 aliphatic carbocycles. The predicted molar refractivity (Wildman–Crippen MR) is 107 cm³/mol. The van der Waals surface area contributed by atoms with Crippen LogP contribution in [0.2, 0.25) is 0 Å². The van der Waals surface area contributed by atoms with Crippen molar-refractivity contribution in [2.75, 3.05) is 0 Å². The predicted octanol–water partition coefficient (Wildman–Crippen LogP) is 4.33. The summed E-state index contributed by atoms with van der Waals surface area (Å²) < 4.78 is 11.5. The van der Waals surface area contributed by atoms with Crippen LogP contribution in [0.25, 0.3) is 11.4 Å². The van der Waals surface area contributed by atoms with Crippen LogP contribution in [0.3, 0.4) is 0 Å². The molecule has 4 rings (SSSR count). The summed E-state index contributed by atoms with van der Waals surface area (Å²) in [5.74, 6) is 2.49. The molecule has 28 heavy (non-hydrogen) atoms. The number of hydrogen-bond acceptors (Lipinski definition) is 6. The summed E-state index contributed by atoms with van der Waals surface area (Å²) in [7, 11) is 0. The molecular weight excluding hydrogens is 352 g/mol. The van der Waals surface area contributed by atoms with Crippen molar-refractivity contribution in [3.05, 3.63) is 59.7 Å². The van der Waals surface area contributed by atoms with E-state index in [2.05, 4.69) is 66.3 Å². The van der Waals surface area contributed by atoms with Gasteiger partial charge in [-0.25, -0.2) is 0 Å².